The molecule has 0 N–H and O–H groups in total. The van der Waals surface area contributed by atoms with Crippen molar-refractivity contribution in [2.24, 2.45) is 0 Å². The normalized spacial score (nSPS) is 11.5. The van der Waals surface area contributed by atoms with Gasteiger partial charge in [0.1, 0.15) is 24.6 Å². The predicted octanol–water partition coefficient (Wildman–Crippen LogP) is 2.72. The van der Waals surface area contributed by atoms with Crippen LogP contribution in [0.1, 0.15) is 17.0 Å². The molecule has 2 aromatic carbocycles. The number of rotatable bonds is 6. The number of para-hydroxylation sites is 1. The van der Waals surface area contributed by atoms with Crippen LogP contribution in [0.5, 0.6) is 5.75 Å². The maximum atomic E-state index is 11.7. The van der Waals surface area contributed by atoms with Crippen LogP contribution in [-0.4, -0.2) is 19.4 Å². The Hall–Kier alpha value is -2.62. The Bertz CT molecular complexity index is 607. The molecule has 0 saturated carbocycles. The molecule has 4 nitrogen and oxygen atoms in total. The molecule has 0 bridgehead atoms. The molecule has 1 unspecified atom stereocenters. The first kappa shape index (κ1) is 14.8. The summed E-state index contributed by atoms with van der Waals surface area (Å²) in [5, 5.41) is 0. The molecule has 2 rings (SSSR count). The number of aldehydes is 1. The number of methoxy groups -OCH3 is 1. The predicted molar refractivity (Wildman–Crippen MR) is 78.0 cm³/mol. The molecular weight excluding hydrogens is 268 g/mol. The van der Waals surface area contributed by atoms with Crippen molar-refractivity contribution in [3.63, 3.8) is 0 Å². The van der Waals surface area contributed by atoms with Gasteiger partial charge >= 0.3 is 5.97 Å². The molecule has 0 aliphatic heterocycles. The van der Waals surface area contributed by atoms with E-state index in [2.05, 4.69) is 4.74 Å². The van der Waals surface area contributed by atoms with Gasteiger partial charge in [0.15, 0.2) is 0 Å². The highest BCUT2D eigenvalue weighted by Crippen LogP contribution is 2.27. The maximum absolute atomic E-state index is 11.7. The van der Waals surface area contributed by atoms with E-state index in [0.717, 1.165) is 5.56 Å². The summed E-state index contributed by atoms with van der Waals surface area (Å²) in [4.78, 5) is 22.8. The molecule has 0 spiro atoms. The molecule has 0 aliphatic rings. The zero-order chi connectivity index (χ0) is 15.1. The lowest BCUT2D eigenvalue weighted by atomic mass is 10.00. The van der Waals surface area contributed by atoms with E-state index in [-0.39, 0.29) is 0 Å². The summed E-state index contributed by atoms with van der Waals surface area (Å²) in [6.07, 6.45) is 0.566. The Kier molecular flexibility index (Phi) is 5.10. The van der Waals surface area contributed by atoms with Crippen LogP contribution >= 0.6 is 0 Å². The summed E-state index contributed by atoms with van der Waals surface area (Å²) < 4.78 is 10.4. The zero-order valence-corrected chi connectivity index (χ0v) is 11.7. The van der Waals surface area contributed by atoms with Crippen molar-refractivity contribution < 1.29 is 19.1 Å². The molecule has 0 aromatic heterocycles. The van der Waals surface area contributed by atoms with E-state index in [4.69, 9.17) is 4.74 Å². The van der Waals surface area contributed by atoms with E-state index in [0.29, 0.717) is 24.2 Å². The van der Waals surface area contributed by atoms with Crippen molar-refractivity contribution in [2.75, 3.05) is 7.11 Å². The minimum Gasteiger partial charge on any atom is -0.489 e. The minimum absolute atomic E-state index is 0.366. The standard InChI is InChI=1S/C17H16O4/c1-20-17(19)15(11-18)14-9-5-6-10-16(14)21-12-13-7-3-2-4-8-13/h2-11,15H,12H2,1H3. The first-order valence-electron chi connectivity index (χ1n) is 6.55. The van der Waals surface area contributed by atoms with Crippen LogP contribution in [-0.2, 0) is 20.9 Å². The summed E-state index contributed by atoms with van der Waals surface area (Å²) in [5.41, 5.74) is 1.52. The summed E-state index contributed by atoms with van der Waals surface area (Å²) >= 11 is 0. The average molecular weight is 284 g/mol. The van der Waals surface area contributed by atoms with Gasteiger partial charge in [0.2, 0.25) is 0 Å². The van der Waals surface area contributed by atoms with Gasteiger partial charge in [0, 0.05) is 5.56 Å². The molecule has 2 aromatic rings. The number of hydrogen-bond donors (Lipinski definition) is 0. The SMILES string of the molecule is COC(=O)C(C=O)c1ccccc1OCc1ccccc1. The number of carbonyl (C=O) groups excluding carboxylic acids is 2. The summed E-state index contributed by atoms with van der Waals surface area (Å²) in [6.45, 7) is 0.366. The Morgan fingerprint density at radius 2 is 1.76 bits per heavy atom. The van der Waals surface area contributed by atoms with Gasteiger partial charge in [0.25, 0.3) is 0 Å². The van der Waals surface area contributed by atoms with E-state index in [1.165, 1.54) is 7.11 Å². The van der Waals surface area contributed by atoms with Gasteiger partial charge in [-0.15, -0.1) is 0 Å². The molecule has 108 valence electrons. The maximum Gasteiger partial charge on any atom is 0.320 e. The molecule has 0 heterocycles. The first-order valence-corrected chi connectivity index (χ1v) is 6.55. The van der Waals surface area contributed by atoms with Crippen LogP contribution in [0.25, 0.3) is 0 Å². The third-order valence-corrected chi connectivity index (χ3v) is 3.08. The fraction of sp³-hybridized carbons (Fsp3) is 0.176. The van der Waals surface area contributed by atoms with Gasteiger partial charge in [-0.1, -0.05) is 48.5 Å². The lowest BCUT2D eigenvalue weighted by Gasteiger charge is -2.14. The Labute approximate surface area is 123 Å². The third-order valence-electron chi connectivity index (χ3n) is 3.08. The second kappa shape index (κ2) is 7.24. The van der Waals surface area contributed by atoms with Crippen LogP contribution in [0.15, 0.2) is 54.6 Å². The quantitative estimate of drug-likeness (QED) is 0.465. The summed E-state index contributed by atoms with van der Waals surface area (Å²) in [7, 11) is 1.26. The number of benzene rings is 2. The Balaban J connectivity index is 2.20. The first-order chi connectivity index (χ1) is 10.3. The van der Waals surface area contributed by atoms with Crippen molar-refractivity contribution in [1.82, 2.24) is 0 Å². The van der Waals surface area contributed by atoms with E-state index in [9.17, 15) is 9.59 Å². The summed E-state index contributed by atoms with van der Waals surface area (Å²) in [5.74, 6) is -1.06. The van der Waals surface area contributed by atoms with Crippen LogP contribution in [0.4, 0.5) is 0 Å². The second-order valence-electron chi connectivity index (χ2n) is 4.45. The third kappa shape index (κ3) is 3.69. The highest BCUT2D eigenvalue weighted by Gasteiger charge is 2.24. The molecule has 0 fully saturated rings. The van der Waals surface area contributed by atoms with Gasteiger partial charge < -0.3 is 14.3 Å². The zero-order valence-electron chi connectivity index (χ0n) is 11.7. The highest BCUT2D eigenvalue weighted by molar-refractivity contribution is 5.94. The number of carbonyl (C=O) groups is 2. The van der Waals surface area contributed by atoms with E-state index in [1.54, 1.807) is 24.3 Å². The smallest absolute Gasteiger partial charge is 0.320 e. The Morgan fingerprint density at radius 1 is 1.10 bits per heavy atom. The molecular formula is C17H16O4. The van der Waals surface area contributed by atoms with Crippen LogP contribution in [0.2, 0.25) is 0 Å². The fourth-order valence-electron chi connectivity index (χ4n) is 1.99. The molecule has 1 atom stereocenters. The minimum atomic E-state index is -0.970. The van der Waals surface area contributed by atoms with Crippen molar-refractivity contribution in [1.29, 1.82) is 0 Å². The summed E-state index contributed by atoms with van der Waals surface area (Å²) in [6, 6.07) is 16.6. The van der Waals surface area contributed by atoms with Crippen molar-refractivity contribution in [3.05, 3.63) is 65.7 Å². The highest BCUT2D eigenvalue weighted by atomic mass is 16.5. The van der Waals surface area contributed by atoms with Crippen molar-refractivity contribution in [3.8, 4) is 5.75 Å². The molecule has 4 heteroatoms. The van der Waals surface area contributed by atoms with Gasteiger partial charge in [-0.25, -0.2) is 0 Å². The monoisotopic (exact) mass is 284 g/mol. The number of esters is 1. The topological polar surface area (TPSA) is 52.6 Å². The molecule has 0 amide bonds. The van der Waals surface area contributed by atoms with Crippen LogP contribution < -0.4 is 4.74 Å². The van der Waals surface area contributed by atoms with E-state index < -0.39 is 11.9 Å². The molecule has 0 saturated heterocycles. The van der Waals surface area contributed by atoms with Crippen molar-refractivity contribution >= 4 is 12.3 Å². The van der Waals surface area contributed by atoms with Gasteiger partial charge in [-0.3, -0.25) is 4.79 Å². The van der Waals surface area contributed by atoms with Crippen LogP contribution in [0, 0.1) is 0 Å². The largest absolute Gasteiger partial charge is 0.489 e. The fourth-order valence-corrected chi connectivity index (χ4v) is 1.99. The number of hydrogen-bond acceptors (Lipinski definition) is 4. The lowest BCUT2D eigenvalue weighted by Crippen LogP contribution is -2.16. The Morgan fingerprint density at radius 3 is 2.43 bits per heavy atom. The van der Waals surface area contributed by atoms with Crippen molar-refractivity contribution in [2.45, 2.75) is 12.5 Å². The van der Waals surface area contributed by atoms with Gasteiger partial charge in [-0.05, 0) is 11.6 Å². The van der Waals surface area contributed by atoms with Crippen LogP contribution in [0.3, 0.4) is 0 Å². The lowest BCUT2D eigenvalue weighted by molar-refractivity contribution is -0.143. The number of ether oxygens (including phenoxy) is 2. The average Bonchev–Trinajstić information content (AvgIpc) is 2.55. The molecule has 0 aliphatic carbocycles. The van der Waals surface area contributed by atoms with Gasteiger partial charge in [-0.2, -0.15) is 0 Å². The molecule has 0 radical (unpaired) electrons. The van der Waals surface area contributed by atoms with E-state index in [1.807, 2.05) is 30.3 Å². The van der Waals surface area contributed by atoms with E-state index >= 15 is 0 Å². The second-order valence-corrected chi connectivity index (χ2v) is 4.45. The van der Waals surface area contributed by atoms with Gasteiger partial charge in [0.05, 0.1) is 7.11 Å². The molecule has 21 heavy (non-hydrogen) atoms.